The summed E-state index contributed by atoms with van der Waals surface area (Å²) in [5.41, 5.74) is 0.646. The number of hydrogen-bond acceptors (Lipinski definition) is 6. The van der Waals surface area contributed by atoms with Crippen LogP contribution in [0.3, 0.4) is 0 Å². The van der Waals surface area contributed by atoms with E-state index in [2.05, 4.69) is 9.97 Å². The van der Waals surface area contributed by atoms with Gasteiger partial charge in [0.15, 0.2) is 5.69 Å². The summed E-state index contributed by atoms with van der Waals surface area (Å²) in [5.74, 6) is -0.595. The molecule has 2 aromatic rings. The molecule has 8 nitrogen and oxygen atoms in total. The first kappa shape index (κ1) is 17.3. The molecule has 9 heteroatoms. The van der Waals surface area contributed by atoms with E-state index in [1.165, 1.54) is 16.7 Å². The molecule has 0 amide bonds. The smallest absolute Gasteiger partial charge is 0.356 e. The molecule has 0 saturated carbocycles. The van der Waals surface area contributed by atoms with Crippen LogP contribution in [0.15, 0.2) is 42.7 Å². The lowest BCUT2D eigenvalue weighted by Gasteiger charge is -2.34. The monoisotopic (exact) mass is 362 g/mol. The lowest BCUT2D eigenvalue weighted by atomic mass is 10.2. The third-order valence-corrected chi connectivity index (χ3v) is 5.86. The van der Waals surface area contributed by atoms with Gasteiger partial charge in [0.25, 0.3) is 0 Å². The summed E-state index contributed by atoms with van der Waals surface area (Å²) in [6, 6.07) is 9.09. The molecular weight excluding hydrogens is 344 g/mol. The summed E-state index contributed by atoms with van der Waals surface area (Å²) in [5, 5.41) is 8.84. The molecule has 0 spiro atoms. The van der Waals surface area contributed by atoms with E-state index in [4.69, 9.17) is 5.11 Å². The van der Waals surface area contributed by atoms with Gasteiger partial charge in [0.05, 0.1) is 18.1 Å². The maximum atomic E-state index is 12.5. The number of nitrogens with zero attached hydrogens (tertiary/aromatic N) is 4. The first-order chi connectivity index (χ1) is 12.0. The largest absolute Gasteiger partial charge is 0.476 e. The van der Waals surface area contributed by atoms with Crippen molar-refractivity contribution in [3.63, 3.8) is 0 Å². The van der Waals surface area contributed by atoms with E-state index < -0.39 is 16.0 Å². The SMILES string of the molecule is O=C(O)c1cnc(N2CCN(S(=O)(=O)Cc3ccccc3)CC2)cn1. The average molecular weight is 362 g/mol. The number of sulfonamides is 1. The first-order valence-electron chi connectivity index (χ1n) is 7.78. The number of anilines is 1. The van der Waals surface area contributed by atoms with Crippen LogP contribution in [0.1, 0.15) is 16.1 Å². The molecule has 25 heavy (non-hydrogen) atoms. The number of aromatic nitrogens is 2. The van der Waals surface area contributed by atoms with E-state index in [1.54, 1.807) is 12.1 Å². The van der Waals surface area contributed by atoms with E-state index in [-0.39, 0.29) is 11.4 Å². The van der Waals surface area contributed by atoms with Crippen molar-refractivity contribution in [2.75, 3.05) is 31.1 Å². The third kappa shape index (κ3) is 4.12. The Morgan fingerprint density at radius 2 is 1.72 bits per heavy atom. The minimum Gasteiger partial charge on any atom is -0.476 e. The minimum absolute atomic E-state index is 0.0129. The summed E-state index contributed by atoms with van der Waals surface area (Å²) >= 11 is 0. The molecule has 1 N–H and O–H groups in total. The van der Waals surface area contributed by atoms with Crippen molar-refractivity contribution in [3.05, 3.63) is 54.0 Å². The van der Waals surface area contributed by atoms with Gasteiger partial charge >= 0.3 is 5.97 Å². The highest BCUT2D eigenvalue weighted by molar-refractivity contribution is 7.88. The number of benzene rings is 1. The van der Waals surface area contributed by atoms with E-state index in [0.717, 1.165) is 5.56 Å². The van der Waals surface area contributed by atoms with Crippen LogP contribution < -0.4 is 4.90 Å². The van der Waals surface area contributed by atoms with Crippen LogP contribution in [0.25, 0.3) is 0 Å². The van der Waals surface area contributed by atoms with Crippen LogP contribution in [0, 0.1) is 0 Å². The summed E-state index contributed by atoms with van der Waals surface area (Å²) in [6.45, 7) is 1.68. The Labute approximate surface area is 145 Å². The fourth-order valence-corrected chi connectivity index (χ4v) is 4.18. The Kier molecular flexibility index (Phi) is 4.95. The van der Waals surface area contributed by atoms with Crippen molar-refractivity contribution in [2.24, 2.45) is 0 Å². The van der Waals surface area contributed by atoms with Crippen molar-refractivity contribution >= 4 is 21.8 Å². The van der Waals surface area contributed by atoms with Crippen molar-refractivity contribution < 1.29 is 18.3 Å². The Morgan fingerprint density at radius 3 is 2.28 bits per heavy atom. The van der Waals surface area contributed by atoms with Gasteiger partial charge in [-0.2, -0.15) is 4.31 Å². The lowest BCUT2D eigenvalue weighted by molar-refractivity contribution is 0.0690. The lowest BCUT2D eigenvalue weighted by Crippen LogP contribution is -2.49. The van der Waals surface area contributed by atoms with Crippen molar-refractivity contribution in [1.29, 1.82) is 0 Å². The minimum atomic E-state index is -3.37. The predicted molar refractivity (Wildman–Crippen MR) is 91.8 cm³/mol. The molecule has 3 rings (SSSR count). The molecule has 0 unspecified atom stereocenters. The van der Waals surface area contributed by atoms with Crippen LogP contribution in [0.4, 0.5) is 5.82 Å². The third-order valence-electron chi connectivity index (χ3n) is 4.01. The van der Waals surface area contributed by atoms with Crippen LogP contribution in [0.2, 0.25) is 0 Å². The zero-order valence-electron chi connectivity index (χ0n) is 13.4. The van der Waals surface area contributed by atoms with Gasteiger partial charge in [-0.3, -0.25) is 0 Å². The molecule has 132 valence electrons. The number of hydrogen-bond donors (Lipinski definition) is 1. The highest BCUT2D eigenvalue weighted by atomic mass is 32.2. The second-order valence-electron chi connectivity index (χ2n) is 5.69. The number of aromatic carboxylic acids is 1. The highest BCUT2D eigenvalue weighted by Gasteiger charge is 2.27. The van der Waals surface area contributed by atoms with Crippen molar-refractivity contribution in [3.8, 4) is 0 Å². The van der Waals surface area contributed by atoms with Gasteiger partial charge in [0.1, 0.15) is 5.82 Å². The average Bonchev–Trinajstić information content (AvgIpc) is 2.62. The van der Waals surface area contributed by atoms with Crippen LogP contribution >= 0.6 is 0 Å². The molecule has 0 bridgehead atoms. The molecule has 1 aromatic heterocycles. The quantitative estimate of drug-likeness (QED) is 0.840. The van der Waals surface area contributed by atoms with Gasteiger partial charge in [-0.15, -0.1) is 0 Å². The van der Waals surface area contributed by atoms with Crippen molar-refractivity contribution in [1.82, 2.24) is 14.3 Å². The maximum Gasteiger partial charge on any atom is 0.356 e. The van der Waals surface area contributed by atoms with E-state index >= 15 is 0 Å². The Morgan fingerprint density at radius 1 is 1.04 bits per heavy atom. The van der Waals surface area contributed by atoms with Crippen molar-refractivity contribution in [2.45, 2.75) is 5.75 Å². The van der Waals surface area contributed by atoms with E-state index in [9.17, 15) is 13.2 Å². The van der Waals surface area contributed by atoms with Gasteiger partial charge in [0, 0.05) is 26.2 Å². The van der Waals surface area contributed by atoms with Gasteiger partial charge in [-0.25, -0.2) is 23.2 Å². The maximum absolute atomic E-state index is 12.5. The second kappa shape index (κ2) is 7.16. The molecule has 2 heterocycles. The number of carboxylic acids is 1. The molecule has 1 aromatic carbocycles. The molecule has 1 saturated heterocycles. The predicted octanol–water partition coefficient (Wildman–Crippen LogP) is 0.827. The Hall–Kier alpha value is -2.52. The number of piperazine rings is 1. The number of carboxylic acid groups (broad SMARTS) is 1. The van der Waals surface area contributed by atoms with Crippen LogP contribution in [-0.4, -0.2) is 59.9 Å². The zero-order valence-corrected chi connectivity index (χ0v) is 14.3. The van der Waals surface area contributed by atoms with Gasteiger partial charge in [0.2, 0.25) is 10.0 Å². The normalized spacial score (nSPS) is 15.9. The summed E-state index contributed by atoms with van der Waals surface area (Å²) < 4.78 is 26.5. The summed E-state index contributed by atoms with van der Waals surface area (Å²) in [6.07, 6.45) is 2.60. The molecule has 1 aliphatic rings. The Balaban J connectivity index is 1.62. The van der Waals surface area contributed by atoms with E-state index in [1.807, 2.05) is 23.1 Å². The standard InChI is InChI=1S/C16H18N4O4S/c21-16(22)14-10-18-15(11-17-14)19-6-8-20(9-7-19)25(23,24)12-13-4-2-1-3-5-13/h1-5,10-11H,6-9,12H2,(H,21,22). The summed E-state index contributed by atoms with van der Waals surface area (Å²) in [7, 11) is -3.37. The second-order valence-corrected chi connectivity index (χ2v) is 7.66. The fourth-order valence-electron chi connectivity index (χ4n) is 2.67. The van der Waals surface area contributed by atoms with E-state index in [0.29, 0.717) is 32.0 Å². The molecule has 0 atom stereocenters. The zero-order chi connectivity index (χ0) is 17.9. The number of carbonyl (C=O) groups is 1. The highest BCUT2D eigenvalue weighted by Crippen LogP contribution is 2.17. The van der Waals surface area contributed by atoms with Gasteiger partial charge < -0.3 is 10.0 Å². The molecule has 1 aliphatic heterocycles. The van der Waals surface area contributed by atoms with Crippen LogP contribution in [0.5, 0.6) is 0 Å². The molecule has 1 fully saturated rings. The van der Waals surface area contributed by atoms with Gasteiger partial charge in [-0.1, -0.05) is 30.3 Å². The first-order valence-corrected chi connectivity index (χ1v) is 9.39. The number of rotatable bonds is 5. The Bertz CT molecular complexity index is 832. The van der Waals surface area contributed by atoms with Crippen LogP contribution in [-0.2, 0) is 15.8 Å². The fraction of sp³-hybridized carbons (Fsp3) is 0.312. The van der Waals surface area contributed by atoms with Gasteiger partial charge in [-0.05, 0) is 5.56 Å². The topological polar surface area (TPSA) is 104 Å². The molecule has 0 aliphatic carbocycles. The molecule has 0 radical (unpaired) electrons. The summed E-state index contributed by atoms with van der Waals surface area (Å²) in [4.78, 5) is 20.6. The molecular formula is C16H18N4O4S.